The molecular weight excluding hydrogens is 709 g/mol. The van der Waals surface area contributed by atoms with E-state index in [0.717, 1.165) is 35.1 Å². The number of fused-ring (bicyclic) bond motifs is 1. The van der Waals surface area contributed by atoms with Crippen molar-refractivity contribution in [2.45, 2.75) is 63.9 Å². The highest BCUT2D eigenvalue weighted by Crippen LogP contribution is 2.32. The molecule has 0 aliphatic heterocycles. The van der Waals surface area contributed by atoms with E-state index in [9.17, 15) is 13.2 Å². The molecule has 0 unspecified atom stereocenters. The van der Waals surface area contributed by atoms with Crippen molar-refractivity contribution in [2.75, 3.05) is 11.9 Å². The number of carbonyl (C=O) groups excluding carboxylic acids is 1. The lowest BCUT2D eigenvalue weighted by atomic mass is 9.48. The fraction of sp³-hybridized carbons (Fsp3) is 0.294. The number of nitrogens with zero attached hydrogens (tertiary/aromatic N) is 3. The van der Waals surface area contributed by atoms with Crippen LogP contribution in [0.3, 0.4) is 0 Å². The average Bonchev–Trinajstić information content (AvgIpc) is 3.44. The van der Waals surface area contributed by atoms with Crippen molar-refractivity contribution in [3.8, 4) is 0 Å². The van der Waals surface area contributed by atoms with E-state index >= 15 is 0 Å². The van der Waals surface area contributed by atoms with Gasteiger partial charge in [0, 0.05) is 17.3 Å². The molecule has 238 valence electrons. The van der Waals surface area contributed by atoms with Crippen LogP contribution in [0.15, 0.2) is 107 Å². The first-order valence-corrected chi connectivity index (χ1v) is 18.0. The van der Waals surface area contributed by atoms with Gasteiger partial charge in [0.2, 0.25) is 29.6 Å². The Morgan fingerprint density at radius 1 is 0.978 bits per heavy atom. The Balaban J connectivity index is 1.56. The van der Waals surface area contributed by atoms with E-state index in [4.69, 9.17) is 3.07 Å². The van der Waals surface area contributed by atoms with Gasteiger partial charge in [-0.1, -0.05) is 103 Å². The molecule has 1 heterocycles. The number of hydrogen-bond acceptors (Lipinski definition) is 5. The number of rotatable bonds is 14. The number of amides is 1. The summed E-state index contributed by atoms with van der Waals surface area (Å²) in [5.41, 5.74) is 5.10. The molecule has 0 atom stereocenters. The van der Waals surface area contributed by atoms with Crippen LogP contribution in [0.1, 0.15) is 37.3 Å². The van der Waals surface area contributed by atoms with E-state index in [1.54, 1.807) is 27.1 Å². The third-order valence-corrected chi connectivity index (χ3v) is 11.0. The maximum absolute atomic E-state index is 15.0. The molecule has 0 radical (unpaired) electrons. The molecule has 0 fully saturated rings. The zero-order valence-electron chi connectivity index (χ0n) is 26.5. The first kappa shape index (κ1) is 34.2. The lowest BCUT2D eigenvalue weighted by molar-refractivity contribution is -0.115. The number of anilines is 1. The quantitative estimate of drug-likeness (QED) is 0.109. The molecule has 1 N–H and O–H groups in total. The molecule has 1 aliphatic carbocycles. The molecule has 5 rings (SSSR count). The summed E-state index contributed by atoms with van der Waals surface area (Å²) in [6.07, 6.45) is 9.20. The Labute approximate surface area is 287 Å². The molecule has 46 heavy (non-hydrogen) atoms. The summed E-state index contributed by atoms with van der Waals surface area (Å²) in [5, 5.41) is 8.17. The molecule has 0 saturated carbocycles. The lowest BCUT2D eigenvalue weighted by Gasteiger charge is -2.31. The maximum atomic E-state index is 15.0. The van der Waals surface area contributed by atoms with E-state index in [2.05, 4.69) is 22.6 Å². The van der Waals surface area contributed by atoms with Gasteiger partial charge in [0.1, 0.15) is 23.0 Å². The Bertz CT molecular complexity index is 1780. The molecule has 1 amide bonds. The second-order valence-corrected chi connectivity index (χ2v) is 14.4. The minimum atomic E-state index is -4.09. The Hall–Kier alpha value is -3.19. The number of aromatic nitrogens is 2. The van der Waals surface area contributed by atoms with Crippen molar-refractivity contribution in [1.82, 2.24) is 13.9 Å². The molecule has 0 bridgehead atoms. The van der Waals surface area contributed by atoms with E-state index in [1.165, 1.54) is 0 Å². The van der Waals surface area contributed by atoms with Gasteiger partial charge in [-0.15, -0.1) is 0 Å². The van der Waals surface area contributed by atoms with Gasteiger partial charge < -0.3 is 8.38 Å². The van der Waals surface area contributed by atoms with E-state index in [1.807, 2.05) is 104 Å². The highest BCUT2D eigenvalue weighted by atomic mass is 127. The first-order chi connectivity index (χ1) is 22.2. The predicted octanol–water partition coefficient (Wildman–Crippen LogP) is 7.20. The molecule has 0 spiro atoms. The van der Waals surface area contributed by atoms with Crippen LogP contribution in [0.5, 0.6) is 0 Å². The van der Waals surface area contributed by atoms with Gasteiger partial charge in [-0.3, -0.25) is 13.6 Å². The molecule has 8 nitrogen and oxygen atoms in total. The SMILES string of the molecule is CB(Cc1ccccc1)N(B(C)Cc1ccccc1)S(=O)(=O)c1cc(NC(=O)CC2=CCCC=C2C)cc2nn(CCOI)cc12. The van der Waals surface area contributed by atoms with Crippen LogP contribution in [0, 0.1) is 0 Å². The van der Waals surface area contributed by atoms with Gasteiger partial charge in [0.25, 0.3) is 0 Å². The van der Waals surface area contributed by atoms with Crippen molar-refractivity contribution in [3.63, 3.8) is 0 Å². The van der Waals surface area contributed by atoms with Gasteiger partial charge in [-0.2, -0.15) is 5.10 Å². The highest BCUT2D eigenvalue weighted by molar-refractivity contribution is 14.1. The summed E-state index contributed by atoms with van der Waals surface area (Å²) in [6.45, 7) is 6.11. The third-order valence-electron chi connectivity index (χ3n) is 8.35. The summed E-state index contributed by atoms with van der Waals surface area (Å²) in [5.74, 6) is -0.201. The number of hydrogen-bond donors (Lipinski definition) is 1. The number of nitrogens with one attached hydrogen (secondary N) is 1. The molecule has 0 saturated heterocycles. The Morgan fingerprint density at radius 2 is 1.59 bits per heavy atom. The van der Waals surface area contributed by atoms with E-state index in [0.29, 0.717) is 42.4 Å². The third kappa shape index (κ3) is 8.39. The van der Waals surface area contributed by atoms with Gasteiger partial charge >= 0.3 is 0 Å². The molecule has 3 aromatic carbocycles. The van der Waals surface area contributed by atoms with Crippen molar-refractivity contribution >= 4 is 69.2 Å². The average molecular weight is 748 g/mol. The molecule has 12 heteroatoms. The summed E-state index contributed by atoms with van der Waals surface area (Å²) in [6, 6.07) is 23.2. The molecular formula is C34H39B2IN4O4S. The molecule has 4 aromatic rings. The zero-order chi connectivity index (χ0) is 32.7. The monoisotopic (exact) mass is 748 g/mol. The largest absolute Gasteiger partial charge is 0.326 e. The summed E-state index contributed by atoms with van der Waals surface area (Å²) in [7, 11) is -4.09. The standard InChI is InChI=1S/C34H39B2IN4O4S/c1-26-12-10-11-17-29(26)20-34(42)38-30-21-32-31(25-40(39-32)18-19-45-37)33(22-30)46(43,44)41(35(2)23-27-13-6-4-7-14-27)36(3)24-28-15-8-5-9-16-28/h4-9,12-17,21-22,25H,10-11,18-20,23-24H2,1-3H3,(H,38,42). The summed E-state index contributed by atoms with van der Waals surface area (Å²) in [4.78, 5) is 13.4. The van der Waals surface area contributed by atoms with Crippen LogP contribution < -0.4 is 5.32 Å². The summed E-state index contributed by atoms with van der Waals surface area (Å²) >= 11 is 1.84. The van der Waals surface area contributed by atoms with Crippen molar-refractivity contribution in [1.29, 1.82) is 0 Å². The maximum Gasteiger partial charge on any atom is 0.229 e. The second kappa shape index (κ2) is 15.6. The van der Waals surface area contributed by atoms with Gasteiger partial charge in [-0.25, -0.2) is 8.42 Å². The van der Waals surface area contributed by atoms with Gasteiger partial charge in [0.15, 0.2) is 0 Å². The van der Waals surface area contributed by atoms with Crippen molar-refractivity contribution in [2.24, 2.45) is 0 Å². The number of sulfonamides is 1. The topological polar surface area (TPSA) is 93.5 Å². The van der Waals surface area contributed by atoms with Crippen molar-refractivity contribution < 1.29 is 16.3 Å². The molecule has 1 aliphatic rings. The molecule has 1 aromatic heterocycles. The highest BCUT2D eigenvalue weighted by Gasteiger charge is 2.38. The van der Waals surface area contributed by atoms with E-state index < -0.39 is 10.0 Å². The predicted molar refractivity (Wildman–Crippen MR) is 197 cm³/mol. The number of halogens is 1. The number of carbonyl (C=O) groups is 1. The first-order valence-electron chi connectivity index (χ1n) is 15.7. The summed E-state index contributed by atoms with van der Waals surface area (Å²) < 4.78 is 38.5. The minimum absolute atomic E-state index is 0.120. The Morgan fingerprint density at radius 3 is 2.17 bits per heavy atom. The van der Waals surface area contributed by atoms with Crippen LogP contribution in [-0.2, 0) is 37.1 Å². The van der Waals surface area contributed by atoms with E-state index in [-0.39, 0.29) is 30.9 Å². The van der Waals surface area contributed by atoms with Crippen LogP contribution in [-0.4, -0.2) is 48.5 Å². The second-order valence-electron chi connectivity index (χ2n) is 11.9. The lowest BCUT2D eigenvalue weighted by Crippen LogP contribution is -2.52. The Kier molecular flexibility index (Phi) is 11.6. The zero-order valence-corrected chi connectivity index (χ0v) is 29.5. The van der Waals surface area contributed by atoms with Crippen LogP contribution in [0.25, 0.3) is 10.9 Å². The van der Waals surface area contributed by atoms with Gasteiger partial charge in [0.05, 0.1) is 30.0 Å². The minimum Gasteiger partial charge on any atom is -0.326 e. The normalized spacial score (nSPS) is 13.4. The number of benzene rings is 3. The van der Waals surface area contributed by atoms with Crippen LogP contribution in [0.4, 0.5) is 5.69 Å². The van der Waals surface area contributed by atoms with Crippen molar-refractivity contribution in [3.05, 3.63) is 113 Å². The number of allylic oxidation sites excluding steroid dienone is 3. The van der Waals surface area contributed by atoms with Crippen LogP contribution >= 0.6 is 23.0 Å². The smallest absolute Gasteiger partial charge is 0.229 e. The van der Waals surface area contributed by atoms with Gasteiger partial charge in [-0.05, 0) is 50.1 Å². The fourth-order valence-electron chi connectivity index (χ4n) is 6.22. The van der Waals surface area contributed by atoms with Crippen LogP contribution in [0.2, 0.25) is 13.6 Å². The fourth-order valence-corrected chi connectivity index (χ4v) is 8.45.